The second-order valence-corrected chi connectivity index (χ2v) is 23.8. The molecule has 6 heterocycles. The highest BCUT2D eigenvalue weighted by Crippen LogP contribution is 2.33. The summed E-state index contributed by atoms with van der Waals surface area (Å²) in [6, 6.07) is 14.3. The van der Waals surface area contributed by atoms with E-state index in [0.717, 1.165) is 121 Å². The molecule has 18 nitrogen and oxygen atoms in total. The van der Waals surface area contributed by atoms with Crippen molar-refractivity contribution in [3.63, 3.8) is 0 Å². The fourth-order valence-electron chi connectivity index (χ4n) is 10.8. The van der Waals surface area contributed by atoms with Crippen LogP contribution in [-0.4, -0.2) is 147 Å². The number of hydrogen-bond acceptors (Lipinski definition) is 15. The number of rotatable bonds is 16. The van der Waals surface area contributed by atoms with Crippen LogP contribution in [0.25, 0.3) is 31.8 Å². The molecule has 5 amide bonds. The number of aromatic nitrogens is 3. The van der Waals surface area contributed by atoms with E-state index in [1.54, 1.807) is 17.5 Å². The van der Waals surface area contributed by atoms with E-state index in [-0.39, 0.29) is 56.7 Å². The summed E-state index contributed by atoms with van der Waals surface area (Å²) < 4.78 is 12.7. The number of piperidine rings is 2. The SMILES string of the molecule is Cc1ncc(-c2ccc3nc(NC(=O)CN4CCC(N5CCC(OCC(=O)N[C@H](C(=O)N6C[C@H](O)C[C@H]6C(=O)NCc6ccc(-c7scnc7C)cc6)C(C)(C)C)CC5)CC4)sc3c2)cc1NC(=O)OC1CCCCC1. The molecule has 1 aliphatic carbocycles. The number of β-amino-alcohol motifs (C(OH)–C–C–N with tert-alkyl or cyclic N) is 1. The lowest BCUT2D eigenvalue weighted by Gasteiger charge is -2.41. The first-order chi connectivity index (χ1) is 36.5. The smallest absolute Gasteiger partial charge is 0.411 e. The van der Waals surface area contributed by atoms with Gasteiger partial charge in [-0.25, -0.2) is 14.8 Å². The summed E-state index contributed by atoms with van der Waals surface area (Å²) in [7, 11) is 0. The van der Waals surface area contributed by atoms with Gasteiger partial charge in [-0.1, -0.05) is 68.9 Å². The van der Waals surface area contributed by atoms with Crippen molar-refractivity contribution in [3.8, 4) is 21.6 Å². The second-order valence-electron chi connectivity index (χ2n) is 21.9. The monoisotopic (exact) mass is 1080 g/mol. The third kappa shape index (κ3) is 14.0. The molecular weight excluding hydrogens is 1000 g/mol. The number of likely N-dealkylation sites (tertiary alicyclic amines) is 3. The number of fused-ring (bicyclic) bond motifs is 1. The fraction of sp³-hybridized carbons (Fsp3) is 0.536. The van der Waals surface area contributed by atoms with Crippen LogP contribution in [0.4, 0.5) is 15.6 Å². The third-order valence-corrected chi connectivity index (χ3v) is 17.1. The number of thiazole rings is 2. The van der Waals surface area contributed by atoms with E-state index in [1.165, 1.54) is 22.7 Å². The molecule has 3 atom stereocenters. The Hall–Kier alpha value is -5.90. The van der Waals surface area contributed by atoms with Gasteiger partial charge in [0.2, 0.25) is 23.6 Å². The van der Waals surface area contributed by atoms with Crippen LogP contribution in [-0.2, 0) is 35.2 Å². The maximum absolute atomic E-state index is 14.2. The van der Waals surface area contributed by atoms with Crippen molar-refractivity contribution >= 4 is 73.4 Å². The van der Waals surface area contributed by atoms with Crippen LogP contribution < -0.4 is 21.3 Å². The molecule has 76 heavy (non-hydrogen) atoms. The minimum Gasteiger partial charge on any atom is -0.446 e. The lowest BCUT2D eigenvalue weighted by molar-refractivity contribution is -0.145. The molecule has 406 valence electrons. The summed E-state index contributed by atoms with van der Waals surface area (Å²) in [6.45, 7) is 13.1. The number of anilines is 2. The van der Waals surface area contributed by atoms with E-state index < -0.39 is 41.5 Å². The number of carbonyl (C=O) groups is 5. The Kier molecular flexibility index (Phi) is 17.8. The highest BCUT2D eigenvalue weighted by Gasteiger charge is 2.44. The molecule has 0 bridgehead atoms. The van der Waals surface area contributed by atoms with Crippen molar-refractivity contribution in [1.82, 2.24) is 40.3 Å². The van der Waals surface area contributed by atoms with E-state index in [9.17, 15) is 29.1 Å². The predicted molar refractivity (Wildman–Crippen MR) is 295 cm³/mol. The summed E-state index contributed by atoms with van der Waals surface area (Å²) in [5.74, 6) is -1.28. The van der Waals surface area contributed by atoms with Gasteiger partial charge in [-0.05, 0) is 106 Å². The van der Waals surface area contributed by atoms with Gasteiger partial charge in [-0.15, -0.1) is 11.3 Å². The van der Waals surface area contributed by atoms with Gasteiger partial charge in [-0.2, -0.15) is 0 Å². The Morgan fingerprint density at radius 2 is 1.55 bits per heavy atom. The van der Waals surface area contributed by atoms with E-state index in [4.69, 9.17) is 9.47 Å². The molecular formula is C56H72N10O8S2. The summed E-state index contributed by atoms with van der Waals surface area (Å²) in [6.07, 6.45) is 9.00. The molecule has 0 spiro atoms. The van der Waals surface area contributed by atoms with E-state index in [0.29, 0.717) is 22.6 Å². The Bertz CT molecular complexity index is 2850. The molecule has 0 radical (unpaired) electrons. The van der Waals surface area contributed by atoms with E-state index >= 15 is 0 Å². The van der Waals surface area contributed by atoms with E-state index in [2.05, 4.69) is 46.0 Å². The van der Waals surface area contributed by atoms with Crippen molar-refractivity contribution in [1.29, 1.82) is 0 Å². The first-order valence-corrected chi connectivity index (χ1v) is 28.5. The Labute approximate surface area is 452 Å². The summed E-state index contributed by atoms with van der Waals surface area (Å²) in [4.78, 5) is 87.9. The van der Waals surface area contributed by atoms with Crippen molar-refractivity contribution in [2.45, 2.75) is 142 Å². The van der Waals surface area contributed by atoms with Crippen LogP contribution in [0.1, 0.15) is 102 Å². The molecule has 1 saturated carbocycles. The topological polar surface area (TPSA) is 221 Å². The number of hydrogen-bond donors (Lipinski definition) is 5. The molecule has 5 aromatic rings. The highest BCUT2D eigenvalue weighted by molar-refractivity contribution is 7.22. The molecule has 5 N–H and O–H groups in total. The number of nitrogens with one attached hydrogen (secondary N) is 4. The zero-order chi connectivity index (χ0) is 53.5. The van der Waals surface area contributed by atoms with Crippen LogP contribution in [0, 0.1) is 19.3 Å². The second kappa shape index (κ2) is 24.6. The molecule has 2 aromatic carbocycles. The van der Waals surface area contributed by atoms with Gasteiger partial charge in [-0.3, -0.25) is 34.4 Å². The van der Waals surface area contributed by atoms with Gasteiger partial charge < -0.3 is 40.3 Å². The third-order valence-electron chi connectivity index (χ3n) is 15.2. The Balaban J connectivity index is 0.683. The van der Waals surface area contributed by atoms with Crippen LogP contribution in [0.15, 0.2) is 60.2 Å². The molecule has 9 rings (SSSR count). The van der Waals surface area contributed by atoms with Gasteiger partial charge in [0.1, 0.15) is 24.8 Å². The quantitative estimate of drug-likeness (QED) is 0.0641. The number of pyridine rings is 1. The Morgan fingerprint density at radius 3 is 2.26 bits per heavy atom. The number of amides is 5. The maximum Gasteiger partial charge on any atom is 0.411 e. The zero-order valence-corrected chi connectivity index (χ0v) is 45.9. The van der Waals surface area contributed by atoms with Crippen molar-refractivity contribution < 1.29 is 38.6 Å². The summed E-state index contributed by atoms with van der Waals surface area (Å²) in [5.41, 5.74) is 7.91. The number of nitrogens with zero attached hydrogens (tertiary/aromatic N) is 6. The number of aliphatic hydroxyl groups is 1. The van der Waals surface area contributed by atoms with Crippen LogP contribution in [0.5, 0.6) is 0 Å². The Morgan fingerprint density at radius 1 is 0.816 bits per heavy atom. The highest BCUT2D eigenvalue weighted by atomic mass is 32.1. The van der Waals surface area contributed by atoms with Crippen molar-refractivity contribution in [2.75, 3.05) is 56.5 Å². The van der Waals surface area contributed by atoms with Crippen molar-refractivity contribution in [3.05, 3.63) is 77.2 Å². The normalized spacial score (nSPS) is 19.8. The molecule has 20 heteroatoms. The average molecular weight is 1080 g/mol. The zero-order valence-electron chi connectivity index (χ0n) is 44.3. The number of aliphatic hydroxyl groups excluding tert-OH is 1. The van der Waals surface area contributed by atoms with E-state index in [1.807, 2.05) is 88.7 Å². The first kappa shape index (κ1) is 54.9. The largest absolute Gasteiger partial charge is 0.446 e. The minimum atomic E-state index is -0.944. The van der Waals surface area contributed by atoms with Gasteiger partial charge in [0, 0.05) is 63.5 Å². The van der Waals surface area contributed by atoms with Crippen LogP contribution in [0.2, 0.25) is 0 Å². The summed E-state index contributed by atoms with van der Waals surface area (Å²) in [5, 5.41) is 23.0. The van der Waals surface area contributed by atoms with Crippen LogP contribution >= 0.6 is 22.7 Å². The van der Waals surface area contributed by atoms with Gasteiger partial charge >= 0.3 is 6.09 Å². The number of ether oxygens (including phenoxy) is 2. The van der Waals surface area contributed by atoms with Gasteiger partial charge in [0.05, 0.1) is 56.4 Å². The lowest BCUT2D eigenvalue weighted by Crippen LogP contribution is -2.58. The van der Waals surface area contributed by atoms with Gasteiger partial charge in [0.25, 0.3) is 0 Å². The molecule has 4 aliphatic rings. The van der Waals surface area contributed by atoms with Gasteiger partial charge in [0.15, 0.2) is 5.13 Å². The number of carbonyl (C=O) groups excluding carboxylic acids is 5. The maximum atomic E-state index is 14.2. The molecule has 0 unspecified atom stereocenters. The van der Waals surface area contributed by atoms with Crippen molar-refractivity contribution in [2.24, 2.45) is 5.41 Å². The first-order valence-electron chi connectivity index (χ1n) is 26.8. The molecule has 3 aromatic heterocycles. The predicted octanol–water partition coefficient (Wildman–Crippen LogP) is 7.67. The number of aryl methyl sites for hydroxylation is 2. The fourth-order valence-corrected chi connectivity index (χ4v) is 12.6. The molecule has 3 saturated heterocycles. The standard InChI is InChI=1S/C56H72N10O8S2/c1-34-45(61-55(72)74-43-9-7-6-8-10-43)25-39(29-57-34)38-15-16-44-47(26-38)76-54(60-44)63-48(68)31-64-21-17-40(18-22-64)65-23-19-42(20-24-65)73-32-49(69)62-51(56(3,4)5)53(71)66-30-41(67)27-46(66)52(70)58-28-36-11-13-37(14-12-36)50-35(2)59-33-75-50/h11-16,25-26,29,33,40-43,46,51,67H,6-10,17-24,27-28,30-32H2,1-5H3,(H,58,70)(H,61,72)(H,62,69)(H,60,63,68)/t41-,46+,51-/m1/s1. The molecule has 4 fully saturated rings. The molecule has 3 aliphatic heterocycles. The average Bonchev–Trinajstić information content (AvgIpc) is 4.15. The van der Waals surface area contributed by atoms with Crippen LogP contribution in [0.3, 0.4) is 0 Å². The minimum absolute atomic E-state index is 0.00324. The summed E-state index contributed by atoms with van der Waals surface area (Å²) >= 11 is 3.00. The number of benzene rings is 2. The lowest BCUT2D eigenvalue weighted by atomic mass is 9.85.